The number of likely N-dealkylation sites (tertiary alicyclic amines) is 1. The van der Waals surface area contributed by atoms with E-state index in [-0.39, 0.29) is 24.4 Å². The Morgan fingerprint density at radius 1 is 1.40 bits per heavy atom. The molecule has 1 aliphatic rings. The van der Waals surface area contributed by atoms with Gasteiger partial charge in [-0.3, -0.25) is 4.98 Å². The molecule has 2 unspecified atom stereocenters. The Hall–Kier alpha value is -2.47. The molecule has 5 nitrogen and oxygen atoms in total. The van der Waals surface area contributed by atoms with Crippen LogP contribution in [-0.4, -0.2) is 33.7 Å². The van der Waals surface area contributed by atoms with Crippen molar-refractivity contribution in [2.24, 2.45) is 0 Å². The Morgan fingerprint density at radius 2 is 2.24 bits per heavy atom. The number of aliphatic hydroxyl groups is 1. The summed E-state index contributed by atoms with van der Waals surface area (Å²) >= 11 is 0. The van der Waals surface area contributed by atoms with Crippen molar-refractivity contribution in [1.29, 1.82) is 0 Å². The number of aliphatic hydroxyl groups excluding tert-OH is 1. The Kier molecular flexibility index (Phi) is 5.28. The van der Waals surface area contributed by atoms with E-state index in [2.05, 4.69) is 17.2 Å². The molecule has 132 valence electrons. The number of amides is 2. The van der Waals surface area contributed by atoms with Gasteiger partial charge in [-0.1, -0.05) is 19.1 Å². The first-order chi connectivity index (χ1) is 12.1. The zero-order chi connectivity index (χ0) is 17.8. The van der Waals surface area contributed by atoms with E-state index < -0.39 is 6.10 Å². The van der Waals surface area contributed by atoms with Crippen LogP contribution in [0.15, 0.2) is 42.6 Å². The van der Waals surface area contributed by atoms with E-state index in [9.17, 15) is 14.3 Å². The van der Waals surface area contributed by atoms with E-state index in [0.717, 1.165) is 17.7 Å². The van der Waals surface area contributed by atoms with E-state index in [0.29, 0.717) is 18.5 Å². The molecule has 1 aromatic carbocycles. The number of hydrogen-bond donors (Lipinski definition) is 2. The summed E-state index contributed by atoms with van der Waals surface area (Å²) in [4.78, 5) is 18.4. The van der Waals surface area contributed by atoms with Gasteiger partial charge in [0.1, 0.15) is 5.82 Å². The van der Waals surface area contributed by atoms with Gasteiger partial charge in [-0.2, -0.15) is 0 Å². The van der Waals surface area contributed by atoms with E-state index >= 15 is 0 Å². The number of pyridine rings is 1. The number of carbonyl (C=O) groups is 1. The predicted molar refractivity (Wildman–Crippen MR) is 92.3 cm³/mol. The zero-order valence-electron chi connectivity index (χ0n) is 14.2. The van der Waals surface area contributed by atoms with Gasteiger partial charge < -0.3 is 15.3 Å². The third-order valence-electron chi connectivity index (χ3n) is 4.48. The number of aryl methyl sites for hydroxylation is 1. The van der Waals surface area contributed by atoms with Crippen molar-refractivity contribution in [1.82, 2.24) is 15.2 Å². The fourth-order valence-electron chi connectivity index (χ4n) is 3.18. The van der Waals surface area contributed by atoms with Gasteiger partial charge in [0, 0.05) is 12.7 Å². The number of urea groups is 1. The second-order valence-electron chi connectivity index (χ2n) is 6.28. The average molecular weight is 343 g/mol. The van der Waals surface area contributed by atoms with Crippen molar-refractivity contribution < 1.29 is 14.3 Å². The molecule has 6 heteroatoms. The minimum Gasteiger partial charge on any atom is -0.391 e. The molecule has 25 heavy (non-hydrogen) atoms. The molecular weight excluding hydrogens is 321 g/mol. The lowest BCUT2D eigenvalue weighted by Crippen LogP contribution is -2.40. The maximum Gasteiger partial charge on any atom is 0.318 e. The minimum atomic E-state index is -0.611. The summed E-state index contributed by atoms with van der Waals surface area (Å²) in [7, 11) is 0. The summed E-state index contributed by atoms with van der Waals surface area (Å²) in [6.07, 6.45) is 2.43. The van der Waals surface area contributed by atoms with Gasteiger partial charge in [-0.25, -0.2) is 9.18 Å². The molecule has 0 spiro atoms. The maximum atomic E-state index is 13.5. The molecule has 1 aliphatic heterocycles. The van der Waals surface area contributed by atoms with Gasteiger partial charge in [-0.05, 0) is 48.2 Å². The highest BCUT2D eigenvalue weighted by atomic mass is 19.1. The SMILES string of the molecule is CCc1ccnc(CNC(=O)N2CC(O)CC2c2cccc(F)c2)c1. The number of nitrogens with zero attached hydrogens (tertiary/aromatic N) is 2. The molecular formula is C19H22FN3O2. The summed E-state index contributed by atoms with van der Waals surface area (Å²) in [5.41, 5.74) is 2.64. The maximum absolute atomic E-state index is 13.5. The molecule has 2 aromatic rings. The van der Waals surface area contributed by atoms with Gasteiger partial charge in [0.25, 0.3) is 0 Å². The molecule has 2 N–H and O–H groups in total. The third-order valence-corrected chi connectivity index (χ3v) is 4.48. The Balaban J connectivity index is 1.69. The molecule has 2 heterocycles. The molecule has 3 rings (SSSR count). The second-order valence-corrected chi connectivity index (χ2v) is 6.28. The van der Waals surface area contributed by atoms with Crippen molar-refractivity contribution in [3.63, 3.8) is 0 Å². The highest BCUT2D eigenvalue weighted by molar-refractivity contribution is 5.75. The second kappa shape index (κ2) is 7.61. The number of aromatic nitrogens is 1. The van der Waals surface area contributed by atoms with Gasteiger partial charge in [0.15, 0.2) is 0 Å². The van der Waals surface area contributed by atoms with Crippen molar-refractivity contribution in [3.05, 3.63) is 65.2 Å². The topological polar surface area (TPSA) is 65.5 Å². The fourth-order valence-corrected chi connectivity index (χ4v) is 3.18. The number of β-amino-alcohol motifs (C(OH)–C–C–N with tert-alkyl or cyclic N) is 1. The molecule has 0 saturated carbocycles. The standard InChI is InChI=1S/C19H22FN3O2/c1-2-13-6-7-21-16(8-13)11-22-19(25)23-12-17(24)10-18(23)14-4-3-5-15(20)9-14/h3-9,17-18,24H,2,10-12H2,1H3,(H,22,25). The van der Waals surface area contributed by atoms with Crippen LogP contribution >= 0.6 is 0 Å². The molecule has 1 saturated heterocycles. The van der Waals surface area contributed by atoms with Crippen molar-refractivity contribution >= 4 is 6.03 Å². The first-order valence-corrected chi connectivity index (χ1v) is 8.48. The van der Waals surface area contributed by atoms with Crippen LogP contribution in [0.2, 0.25) is 0 Å². The third kappa shape index (κ3) is 4.14. The highest BCUT2D eigenvalue weighted by Gasteiger charge is 2.35. The van der Waals surface area contributed by atoms with Crippen LogP contribution in [0.5, 0.6) is 0 Å². The number of carbonyl (C=O) groups excluding carboxylic acids is 1. The van der Waals surface area contributed by atoms with Crippen molar-refractivity contribution in [2.45, 2.75) is 38.5 Å². The predicted octanol–water partition coefficient (Wildman–Crippen LogP) is 2.80. The lowest BCUT2D eigenvalue weighted by atomic mass is 10.0. The largest absolute Gasteiger partial charge is 0.391 e. The van der Waals surface area contributed by atoms with Crippen LogP contribution in [0.3, 0.4) is 0 Å². The van der Waals surface area contributed by atoms with Crippen LogP contribution in [0.25, 0.3) is 0 Å². The molecule has 0 radical (unpaired) electrons. The lowest BCUT2D eigenvalue weighted by molar-refractivity contribution is 0.169. The smallest absolute Gasteiger partial charge is 0.318 e. The highest BCUT2D eigenvalue weighted by Crippen LogP contribution is 2.32. The Morgan fingerprint density at radius 3 is 3.00 bits per heavy atom. The normalized spacial score (nSPS) is 19.9. The van der Waals surface area contributed by atoms with E-state index in [1.54, 1.807) is 23.2 Å². The van der Waals surface area contributed by atoms with Gasteiger partial charge in [0.05, 0.1) is 24.4 Å². The van der Waals surface area contributed by atoms with Crippen LogP contribution in [0.4, 0.5) is 9.18 Å². The first-order valence-electron chi connectivity index (χ1n) is 8.48. The molecule has 1 aromatic heterocycles. The van der Waals surface area contributed by atoms with E-state index in [4.69, 9.17) is 0 Å². The summed E-state index contributed by atoms with van der Waals surface area (Å²) in [5.74, 6) is -0.347. The summed E-state index contributed by atoms with van der Waals surface area (Å²) in [5, 5.41) is 12.8. The number of rotatable bonds is 4. The molecule has 2 atom stereocenters. The van der Waals surface area contributed by atoms with Crippen LogP contribution in [0.1, 0.15) is 36.2 Å². The van der Waals surface area contributed by atoms with Gasteiger partial charge >= 0.3 is 6.03 Å². The summed E-state index contributed by atoms with van der Waals surface area (Å²) in [6, 6.07) is 9.46. The number of benzene rings is 1. The fraction of sp³-hybridized carbons (Fsp3) is 0.368. The Labute approximate surface area is 146 Å². The lowest BCUT2D eigenvalue weighted by Gasteiger charge is -2.25. The van der Waals surface area contributed by atoms with Crippen molar-refractivity contribution in [3.8, 4) is 0 Å². The van der Waals surface area contributed by atoms with Gasteiger partial charge in [-0.15, -0.1) is 0 Å². The molecule has 1 fully saturated rings. The molecule has 0 aliphatic carbocycles. The quantitative estimate of drug-likeness (QED) is 0.897. The molecule has 0 bridgehead atoms. The minimum absolute atomic E-state index is 0.232. The summed E-state index contributed by atoms with van der Waals surface area (Å²) < 4.78 is 13.5. The van der Waals surface area contributed by atoms with Crippen molar-refractivity contribution in [2.75, 3.05) is 6.54 Å². The summed E-state index contributed by atoms with van der Waals surface area (Å²) in [6.45, 7) is 2.61. The monoisotopic (exact) mass is 343 g/mol. The van der Waals surface area contributed by atoms with Crippen LogP contribution in [-0.2, 0) is 13.0 Å². The van der Waals surface area contributed by atoms with Gasteiger partial charge in [0.2, 0.25) is 0 Å². The molecule has 2 amide bonds. The van der Waals surface area contributed by atoms with Crippen LogP contribution in [0, 0.1) is 5.82 Å². The van der Waals surface area contributed by atoms with E-state index in [1.807, 2.05) is 12.1 Å². The first kappa shape index (κ1) is 17.4. The van der Waals surface area contributed by atoms with E-state index in [1.165, 1.54) is 12.1 Å². The average Bonchev–Trinajstić information content (AvgIpc) is 3.02. The number of halogens is 1. The number of hydrogen-bond acceptors (Lipinski definition) is 3. The number of nitrogens with one attached hydrogen (secondary N) is 1. The van der Waals surface area contributed by atoms with Crippen LogP contribution < -0.4 is 5.32 Å². The zero-order valence-corrected chi connectivity index (χ0v) is 14.2. The Bertz CT molecular complexity index is 753.